The van der Waals surface area contributed by atoms with E-state index in [0.29, 0.717) is 9.21 Å². The normalized spacial score (nSPS) is 12.4. The topological polar surface area (TPSA) is 17.1 Å². The van der Waals surface area contributed by atoms with E-state index in [1.807, 2.05) is 6.92 Å². The first-order valence-electron chi connectivity index (χ1n) is 5.28. The van der Waals surface area contributed by atoms with Crippen molar-refractivity contribution in [2.24, 2.45) is 0 Å². The molecule has 1 nitrogen and oxygen atoms in total. The molecule has 1 aromatic heterocycles. The largest absolute Gasteiger partial charge is 0.292 e. The third kappa shape index (κ3) is 3.34. The lowest BCUT2D eigenvalue weighted by Crippen LogP contribution is -2.11. The number of Topliss-reactive ketones (excluding diaryl/α,β-unsaturated/α-hetero) is 1. The fraction of sp³-hybridized carbons (Fsp3) is 0.154. The molecule has 0 N–H and O–H groups in total. The van der Waals surface area contributed by atoms with E-state index in [1.165, 1.54) is 35.2 Å². The summed E-state index contributed by atoms with van der Waals surface area (Å²) in [6.07, 6.45) is 0. The van der Waals surface area contributed by atoms with Crippen molar-refractivity contribution < 1.29 is 9.18 Å². The number of carbonyl (C=O) groups is 1. The average molecular weight is 301 g/mol. The SMILES string of the molecule is CC(Sc1cccc(F)c1)C(=O)c1ccc(Cl)s1. The molecule has 1 aromatic carbocycles. The molecule has 0 amide bonds. The Morgan fingerprint density at radius 2 is 2.17 bits per heavy atom. The van der Waals surface area contributed by atoms with E-state index in [4.69, 9.17) is 11.6 Å². The van der Waals surface area contributed by atoms with Gasteiger partial charge in [0.05, 0.1) is 14.5 Å². The molecule has 0 saturated heterocycles. The number of halogens is 2. The van der Waals surface area contributed by atoms with Crippen LogP contribution in [0.5, 0.6) is 0 Å². The Morgan fingerprint density at radius 3 is 2.78 bits per heavy atom. The fourth-order valence-corrected chi connectivity index (χ4v) is 3.57. The Balaban J connectivity index is 2.08. The molecule has 1 unspecified atom stereocenters. The highest BCUT2D eigenvalue weighted by Crippen LogP contribution is 2.29. The molecule has 0 spiro atoms. The minimum absolute atomic E-state index is 0.0150. The van der Waals surface area contributed by atoms with Gasteiger partial charge in [-0.1, -0.05) is 17.7 Å². The van der Waals surface area contributed by atoms with E-state index in [9.17, 15) is 9.18 Å². The van der Waals surface area contributed by atoms with Crippen molar-refractivity contribution >= 4 is 40.5 Å². The van der Waals surface area contributed by atoms with Crippen molar-refractivity contribution in [2.45, 2.75) is 17.1 Å². The van der Waals surface area contributed by atoms with Gasteiger partial charge in [0, 0.05) is 4.90 Å². The van der Waals surface area contributed by atoms with Crippen molar-refractivity contribution in [3.63, 3.8) is 0 Å². The second-order valence-corrected chi connectivity index (χ2v) is 6.81. The predicted molar refractivity (Wildman–Crippen MR) is 75.4 cm³/mol. The maximum absolute atomic E-state index is 13.0. The first-order chi connectivity index (χ1) is 8.56. The Kier molecular flexibility index (Phi) is 4.43. The smallest absolute Gasteiger partial charge is 0.185 e. The van der Waals surface area contributed by atoms with Gasteiger partial charge in [-0.05, 0) is 37.3 Å². The molecule has 94 valence electrons. The molecule has 5 heteroatoms. The molecular formula is C13H10ClFOS2. The first kappa shape index (κ1) is 13.6. The molecule has 0 radical (unpaired) electrons. The Hall–Kier alpha value is -0.840. The average Bonchev–Trinajstić information content (AvgIpc) is 2.75. The summed E-state index contributed by atoms with van der Waals surface area (Å²) in [6.45, 7) is 1.81. The van der Waals surface area contributed by atoms with Crippen LogP contribution in [0.25, 0.3) is 0 Å². The summed E-state index contributed by atoms with van der Waals surface area (Å²) in [5.41, 5.74) is 0. The lowest BCUT2D eigenvalue weighted by Gasteiger charge is -2.08. The van der Waals surface area contributed by atoms with Crippen molar-refractivity contribution in [3.8, 4) is 0 Å². The van der Waals surface area contributed by atoms with Crippen LogP contribution >= 0.6 is 34.7 Å². The van der Waals surface area contributed by atoms with Crippen LogP contribution in [0.2, 0.25) is 4.34 Å². The lowest BCUT2D eigenvalue weighted by atomic mass is 10.2. The zero-order valence-corrected chi connectivity index (χ0v) is 11.9. The van der Waals surface area contributed by atoms with Crippen LogP contribution in [0.3, 0.4) is 0 Å². The molecule has 0 aliphatic rings. The highest BCUT2D eigenvalue weighted by molar-refractivity contribution is 8.00. The summed E-state index contributed by atoms with van der Waals surface area (Å²) >= 11 is 8.41. The van der Waals surface area contributed by atoms with E-state index in [2.05, 4.69) is 0 Å². The molecule has 0 saturated carbocycles. The summed E-state index contributed by atoms with van der Waals surface area (Å²) in [6, 6.07) is 9.66. The Labute approximate surface area is 118 Å². The molecule has 0 aliphatic carbocycles. The molecule has 2 rings (SSSR count). The quantitative estimate of drug-likeness (QED) is 0.590. The molecule has 18 heavy (non-hydrogen) atoms. The maximum atomic E-state index is 13.0. The fourth-order valence-electron chi connectivity index (χ4n) is 1.45. The zero-order chi connectivity index (χ0) is 13.1. The Bertz CT molecular complexity index is 568. The summed E-state index contributed by atoms with van der Waals surface area (Å²) in [4.78, 5) is 13.5. The maximum Gasteiger partial charge on any atom is 0.185 e. The van der Waals surface area contributed by atoms with Gasteiger partial charge in [0.1, 0.15) is 5.82 Å². The van der Waals surface area contributed by atoms with E-state index >= 15 is 0 Å². The summed E-state index contributed by atoms with van der Waals surface area (Å²) in [5, 5.41) is -0.262. The van der Waals surface area contributed by atoms with Gasteiger partial charge >= 0.3 is 0 Å². The van der Waals surface area contributed by atoms with Gasteiger partial charge in [-0.25, -0.2) is 4.39 Å². The van der Waals surface area contributed by atoms with Crippen LogP contribution < -0.4 is 0 Å². The van der Waals surface area contributed by atoms with Crippen LogP contribution in [-0.2, 0) is 0 Å². The number of benzene rings is 1. The molecule has 2 aromatic rings. The van der Waals surface area contributed by atoms with Gasteiger partial charge in [0.15, 0.2) is 5.78 Å². The number of hydrogen-bond donors (Lipinski definition) is 0. The number of thioether (sulfide) groups is 1. The van der Waals surface area contributed by atoms with E-state index < -0.39 is 0 Å². The summed E-state index contributed by atoms with van der Waals surface area (Å²) in [7, 11) is 0. The second kappa shape index (κ2) is 5.87. The minimum atomic E-state index is -0.293. The molecule has 0 bridgehead atoms. The van der Waals surface area contributed by atoms with Gasteiger partial charge < -0.3 is 0 Å². The van der Waals surface area contributed by atoms with Gasteiger partial charge in [0.25, 0.3) is 0 Å². The van der Waals surface area contributed by atoms with Crippen LogP contribution in [0.4, 0.5) is 4.39 Å². The number of thiophene rings is 1. The monoisotopic (exact) mass is 300 g/mol. The van der Waals surface area contributed by atoms with Crippen LogP contribution in [0.15, 0.2) is 41.3 Å². The van der Waals surface area contributed by atoms with Gasteiger partial charge in [-0.3, -0.25) is 4.79 Å². The van der Waals surface area contributed by atoms with Gasteiger partial charge in [0.2, 0.25) is 0 Å². The van der Waals surface area contributed by atoms with E-state index in [-0.39, 0.29) is 16.9 Å². The van der Waals surface area contributed by atoms with Crippen LogP contribution in [-0.4, -0.2) is 11.0 Å². The van der Waals surface area contributed by atoms with E-state index in [1.54, 1.807) is 24.3 Å². The van der Waals surface area contributed by atoms with Crippen molar-refractivity contribution in [2.75, 3.05) is 0 Å². The lowest BCUT2D eigenvalue weighted by molar-refractivity contribution is 0.0998. The molecular weight excluding hydrogens is 291 g/mol. The summed E-state index contributed by atoms with van der Waals surface area (Å²) < 4.78 is 13.6. The highest BCUT2D eigenvalue weighted by Gasteiger charge is 2.18. The third-order valence-corrected chi connectivity index (χ3v) is 4.63. The van der Waals surface area contributed by atoms with Crippen molar-refractivity contribution in [1.29, 1.82) is 0 Å². The van der Waals surface area contributed by atoms with Crippen LogP contribution in [0.1, 0.15) is 16.6 Å². The molecule has 0 fully saturated rings. The number of rotatable bonds is 4. The Morgan fingerprint density at radius 1 is 1.39 bits per heavy atom. The second-order valence-electron chi connectivity index (χ2n) is 3.69. The first-order valence-corrected chi connectivity index (χ1v) is 7.35. The van der Waals surface area contributed by atoms with Gasteiger partial charge in [-0.15, -0.1) is 23.1 Å². The van der Waals surface area contributed by atoms with E-state index in [0.717, 1.165) is 4.90 Å². The minimum Gasteiger partial charge on any atom is -0.292 e. The highest BCUT2D eigenvalue weighted by atomic mass is 35.5. The molecule has 1 heterocycles. The number of carbonyl (C=O) groups excluding carboxylic acids is 1. The predicted octanol–water partition coefficient (Wildman–Crippen LogP) is 4.90. The van der Waals surface area contributed by atoms with Crippen molar-refractivity contribution in [3.05, 3.63) is 51.4 Å². The van der Waals surface area contributed by atoms with Crippen LogP contribution in [0, 0.1) is 5.82 Å². The standard InChI is InChI=1S/C13H10ClFOS2/c1-8(13(16)11-5-6-12(14)18-11)17-10-4-2-3-9(15)7-10/h2-8H,1H3. The van der Waals surface area contributed by atoms with Crippen molar-refractivity contribution in [1.82, 2.24) is 0 Å². The molecule has 0 aliphatic heterocycles. The van der Waals surface area contributed by atoms with Gasteiger partial charge in [-0.2, -0.15) is 0 Å². The third-order valence-electron chi connectivity index (χ3n) is 2.29. The number of hydrogen-bond acceptors (Lipinski definition) is 3. The summed E-state index contributed by atoms with van der Waals surface area (Å²) in [5.74, 6) is -0.278. The number of ketones is 1. The molecule has 1 atom stereocenters. The zero-order valence-electron chi connectivity index (χ0n) is 9.52.